The minimum absolute atomic E-state index is 0.0953. The number of para-hydroxylation sites is 1. The molecule has 0 unspecified atom stereocenters. The van der Waals surface area contributed by atoms with Gasteiger partial charge >= 0.3 is 0 Å². The van der Waals surface area contributed by atoms with Crippen molar-refractivity contribution in [2.75, 3.05) is 5.32 Å². The van der Waals surface area contributed by atoms with Crippen LogP contribution in [0.25, 0.3) is 6.08 Å². The molecule has 1 aromatic heterocycles. The van der Waals surface area contributed by atoms with E-state index in [9.17, 15) is 9.18 Å². The molecule has 0 saturated heterocycles. The number of nitrogens with one attached hydrogen (secondary N) is 3. The lowest BCUT2D eigenvalue weighted by atomic mass is 10.3. The molecule has 1 amide bonds. The summed E-state index contributed by atoms with van der Waals surface area (Å²) in [7, 11) is 0. The average Bonchev–Trinajstić information content (AvgIpc) is 2.99. The largest absolute Gasteiger partial charge is 0.329 e. The van der Waals surface area contributed by atoms with Crippen LogP contribution in [0.2, 0.25) is 0 Å². The number of rotatable bonds is 3. The Morgan fingerprint density at radius 1 is 1.19 bits per heavy atom. The van der Waals surface area contributed by atoms with E-state index in [1.165, 1.54) is 23.5 Å². The number of hydrogen-bond donors (Lipinski definition) is 3. The monoisotopic (exact) mass is 321 g/mol. The summed E-state index contributed by atoms with van der Waals surface area (Å²) in [5, 5.41) is 4.66. The molecule has 0 atom stereocenters. The number of anilines is 1. The van der Waals surface area contributed by atoms with Crippen molar-refractivity contribution in [2.45, 2.75) is 0 Å². The Kier molecular flexibility index (Phi) is 5.42. The van der Waals surface area contributed by atoms with E-state index in [-0.39, 0.29) is 16.7 Å². The molecule has 1 heterocycles. The van der Waals surface area contributed by atoms with E-state index in [1.54, 1.807) is 24.3 Å². The lowest BCUT2D eigenvalue weighted by Gasteiger charge is -2.10. The fraction of sp³-hybridized carbons (Fsp3) is 0. The summed E-state index contributed by atoms with van der Waals surface area (Å²) in [6.45, 7) is 0. The van der Waals surface area contributed by atoms with Gasteiger partial charge in [-0.05, 0) is 41.9 Å². The van der Waals surface area contributed by atoms with E-state index in [4.69, 9.17) is 12.2 Å². The van der Waals surface area contributed by atoms with E-state index >= 15 is 0 Å². The van der Waals surface area contributed by atoms with Crippen LogP contribution in [0.1, 0.15) is 4.88 Å². The quantitative estimate of drug-likeness (QED) is 0.462. The van der Waals surface area contributed by atoms with Crippen LogP contribution in [0.15, 0.2) is 47.9 Å². The minimum atomic E-state index is -0.425. The molecule has 0 aliphatic rings. The summed E-state index contributed by atoms with van der Waals surface area (Å²) in [4.78, 5) is 12.5. The van der Waals surface area contributed by atoms with Crippen LogP contribution in [0, 0.1) is 5.82 Å². The topological polar surface area (TPSA) is 53.2 Å². The lowest BCUT2D eigenvalue weighted by molar-refractivity contribution is -0.116. The van der Waals surface area contributed by atoms with Gasteiger partial charge in [-0.25, -0.2) is 4.39 Å². The van der Waals surface area contributed by atoms with Gasteiger partial charge < -0.3 is 5.32 Å². The first-order chi connectivity index (χ1) is 10.1. The van der Waals surface area contributed by atoms with Crippen LogP contribution in [0.5, 0.6) is 0 Å². The smallest absolute Gasteiger partial charge is 0.262 e. The number of hydrazine groups is 1. The van der Waals surface area contributed by atoms with Gasteiger partial charge in [-0.15, -0.1) is 11.3 Å². The number of carbonyl (C=O) groups is 1. The van der Waals surface area contributed by atoms with Gasteiger partial charge in [0.2, 0.25) is 0 Å². The SMILES string of the molecule is O=C(/C=C/c1cccs1)NNC(=S)Nc1ccccc1F. The maximum atomic E-state index is 13.4. The Balaban J connectivity index is 1.79. The zero-order chi connectivity index (χ0) is 15.1. The van der Waals surface area contributed by atoms with Gasteiger partial charge in [0, 0.05) is 11.0 Å². The van der Waals surface area contributed by atoms with Crippen molar-refractivity contribution in [3.8, 4) is 0 Å². The molecule has 2 aromatic rings. The highest BCUT2D eigenvalue weighted by Gasteiger charge is 2.03. The third-order valence-corrected chi connectivity index (χ3v) is 3.41. The van der Waals surface area contributed by atoms with E-state index in [2.05, 4.69) is 16.2 Å². The second kappa shape index (κ2) is 7.51. The number of benzene rings is 1. The summed E-state index contributed by atoms with van der Waals surface area (Å²) in [5.41, 5.74) is 5.12. The van der Waals surface area contributed by atoms with Crippen molar-refractivity contribution in [1.29, 1.82) is 0 Å². The number of amides is 1. The van der Waals surface area contributed by atoms with Gasteiger partial charge in [-0.3, -0.25) is 15.6 Å². The Morgan fingerprint density at radius 2 is 2.00 bits per heavy atom. The molecule has 21 heavy (non-hydrogen) atoms. The minimum Gasteiger partial charge on any atom is -0.329 e. The van der Waals surface area contributed by atoms with Crippen molar-refractivity contribution in [3.05, 3.63) is 58.5 Å². The Labute approximate surface area is 130 Å². The molecule has 3 N–H and O–H groups in total. The number of thiophene rings is 1. The molecule has 0 fully saturated rings. The maximum absolute atomic E-state index is 13.4. The van der Waals surface area contributed by atoms with Crippen molar-refractivity contribution in [2.24, 2.45) is 0 Å². The van der Waals surface area contributed by atoms with E-state index in [0.29, 0.717) is 0 Å². The van der Waals surface area contributed by atoms with Crippen LogP contribution >= 0.6 is 23.6 Å². The van der Waals surface area contributed by atoms with E-state index in [0.717, 1.165) is 4.88 Å². The summed E-state index contributed by atoms with van der Waals surface area (Å²) < 4.78 is 13.4. The molecule has 1 aromatic carbocycles. The first kappa shape index (κ1) is 15.1. The third kappa shape index (κ3) is 4.97. The summed E-state index contributed by atoms with van der Waals surface area (Å²) >= 11 is 6.48. The number of halogens is 1. The van der Waals surface area contributed by atoms with Crippen LogP contribution in [-0.2, 0) is 4.79 Å². The average molecular weight is 321 g/mol. The van der Waals surface area contributed by atoms with Gasteiger partial charge in [-0.1, -0.05) is 18.2 Å². The van der Waals surface area contributed by atoms with Crippen molar-refractivity contribution in [1.82, 2.24) is 10.9 Å². The highest BCUT2D eigenvalue weighted by Crippen LogP contribution is 2.12. The summed E-state index contributed by atoms with van der Waals surface area (Å²) in [6.07, 6.45) is 3.07. The second-order valence-corrected chi connectivity index (χ2v) is 5.28. The predicted molar refractivity (Wildman–Crippen MR) is 87.3 cm³/mol. The molecule has 108 valence electrons. The summed E-state index contributed by atoms with van der Waals surface area (Å²) in [5.74, 6) is -0.786. The zero-order valence-corrected chi connectivity index (χ0v) is 12.4. The molecule has 0 spiro atoms. The van der Waals surface area contributed by atoms with Gasteiger partial charge in [0.25, 0.3) is 5.91 Å². The molecule has 0 bridgehead atoms. The Morgan fingerprint density at radius 3 is 2.71 bits per heavy atom. The fourth-order valence-corrected chi connectivity index (χ4v) is 2.20. The van der Waals surface area contributed by atoms with Crippen LogP contribution in [-0.4, -0.2) is 11.0 Å². The third-order valence-electron chi connectivity index (χ3n) is 2.36. The van der Waals surface area contributed by atoms with Crippen molar-refractivity contribution < 1.29 is 9.18 Å². The maximum Gasteiger partial charge on any atom is 0.262 e. The number of hydrogen-bond acceptors (Lipinski definition) is 3. The fourth-order valence-electron chi connectivity index (χ4n) is 1.42. The van der Waals surface area contributed by atoms with Gasteiger partial charge in [0.1, 0.15) is 5.82 Å². The standard InChI is InChI=1S/C14H12FN3OS2/c15-11-5-1-2-6-12(11)16-14(20)18-17-13(19)8-7-10-4-3-9-21-10/h1-9H,(H,17,19)(H2,16,18,20)/b8-7+. The molecule has 0 aliphatic carbocycles. The Hall–Kier alpha value is -2.25. The normalized spacial score (nSPS) is 10.3. The second-order valence-electron chi connectivity index (χ2n) is 3.90. The zero-order valence-electron chi connectivity index (χ0n) is 10.8. The van der Waals surface area contributed by atoms with Crippen LogP contribution in [0.4, 0.5) is 10.1 Å². The predicted octanol–water partition coefficient (Wildman–Crippen LogP) is 2.92. The molecule has 7 heteroatoms. The molecule has 0 radical (unpaired) electrons. The van der Waals surface area contributed by atoms with Crippen LogP contribution in [0.3, 0.4) is 0 Å². The van der Waals surface area contributed by atoms with Crippen molar-refractivity contribution in [3.63, 3.8) is 0 Å². The Bertz CT molecular complexity index is 656. The highest BCUT2D eigenvalue weighted by atomic mass is 32.1. The van der Waals surface area contributed by atoms with Crippen molar-refractivity contribution >= 4 is 46.3 Å². The number of thiocarbonyl (C=S) groups is 1. The molecule has 4 nitrogen and oxygen atoms in total. The molecular weight excluding hydrogens is 309 g/mol. The molecule has 0 saturated carbocycles. The van der Waals surface area contributed by atoms with E-state index in [1.807, 2.05) is 17.5 Å². The first-order valence-electron chi connectivity index (χ1n) is 5.98. The molecule has 0 aliphatic heterocycles. The van der Waals surface area contributed by atoms with Gasteiger partial charge in [0.15, 0.2) is 5.11 Å². The molecular formula is C14H12FN3OS2. The van der Waals surface area contributed by atoms with Crippen LogP contribution < -0.4 is 16.2 Å². The highest BCUT2D eigenvalue weighted by molar-refractivity contribution is 7.80. The lowest BCUT2D eigenvalue weighted by Crippen LogP contribution is -2.43. The van der Waals surface area contributed by atoms with Gasteiger partial charge in [-0.2, -0.15) is 0 Å². The first-order valence-corrected chi connectivity index (χ1v) is 7.27. The summed E-state index contributed by atoms with van der Waals surface area (Å²) in [6, 6.07) is 9.90. The number of carbonyl (C=O) groups excluding carboxylic acids is 1. The van der Waals surface area contributed by atoms with E-state index < -0.39 is 5.82 Å². The van der Waals surface area contributed by atoms with Gasteiger partial charge in [0.05, 0.1) is 5.69 Å². The molecule has 2 rings (SSSR count).